The van der Waals surface area contributed by atoms with Gasteiger partial charge in [0.1, 0.15) is 11.5 Å². The van der Waals surface area contributed by atoms with Gasteiger partial charge in [0.05, 0.1) is 22.4 Å². The zero-order valence-electron chi connectivity index (χ0n) is 18.9. The van der Waals surface area contributed by atoms with Gasteiger partial charge in [0, 0.05) is 23.6 Å². The van der Waals surface area contributed by atoms with E-state index in [4.69, 9.17) is 0 Å². The lowest BCUT2D eigenvalue weighted by atomic mass is 10.0. The monoisotopic (exact) mass is 472 g/mol. The topological polar surface area (TPSA) is 114 Å². The average molecular weight is 473 g/mol. The molecule has 0 spiro atoms. The molecule has 174 valence electrons. The molecular weight excluding hydrogens is 452 g/mol. The molecule has 0 aliphatic heterocycles. The standard InChI is InChI=1S/C29H20N4O3/c34-27-11-9-17-5-1-3-7-19(17)21(27)15-30-23-13-25-26(33-29(36)32-25)14-24(23)31-16-22-20-8-4-2-6-18(20)10-12-28(22)35/h1-16,34-35H,(H2,32,33,36)/b30-15+,31-16+. The van der Waals surface area contributed by atoms with E-state index in [2.05, 4.69) is 20.0 Å². The van der Waals surface area contributed by atoms with Crippen LogP contribution in [0.2, 0.25) is 0 Å². The Bertz CT molecular complexity index is 1760. The minimum Gasteiger partial charge on any atom is -0.507 e. The van der Waals surface area contributed by atoms with Crippen LogP contribution in [0.5, 0.6) is 11.5 Å². The number of aromatic hydroxyl groups is 2. The number of hydrogen-bond donors (Lipinski definition) is 4. The Labute approximate surface area is 204 Å². The minimum atomic E-state index is -0.334. The van der Waals surface area contributed by atoms with E-state index >= 15 is 0 Å². The van der Waals surface area contributed by atoms with Crippen molar-refractivity contribution in [2.75, 3.05) is 0 Å². The van der Waals surface area contributed by atoms with Crippen molar-refractivity contribution in [3.63, 3.8) is 0 Å². The molecule has 0 bridgehead atoms. The van der Waals surface area contributed by atoms with Crippen LogP contribution in [0.25, 0.3) is 32.6 Å². The summed E-state index contributed by atoms with van der Waals surface area (Å²) in [7, 11) is 0. The van der Waals surface area contributed by atoms with Gasteiger partial charge in [-0.1, -0.05) is 60.7 Å². The number of phenols is 2. The Hall–Kier alpha value is -5.17. The molecule has 7 heteroatoms. The van der Waals surface area contributed by atoms with Crippen LogP contribution in [0.15, 0.2) is 99.7 Å². The van der Waals surface area contributed by atoms with Gasteiger partial charge in [0.25, 0.3) is 0 Å². The van der Waals surface area contributed by atoms with Crippen LogP contribution in [0.4, 0.5) is 11.4 Å². The number of nitrogens with one attached hydrogen (secondary N) is 2. The largest absolute Gasteiger partial charge is 0.507 e. The number of aliphatic imine (C=N–C) groups is 2. The molecule has 6 rings (SSSR count). The maximum Gasteiger partial charge on any atom is 0.323 e. The fourth-order valence-corrected chi connectivity index (χ4v) is 4.37. The Morgan fingerprint density at radius 1 is 0.611 bits per heavy atom. The number of benzene rings is 5. The number of nitrogens with zero attached hydrogens (tertiary/aromatic N) is 2. The smallest absolute Gasteiger partial charge is 0.323 e. The molecule has 0 saturated carbocycles. The van der Waals surface area contributed by atoms with Gasteiger partial charge in [0.2, 0.25) is 0 Å². The van der Waals surface area contributed by atoms with E-state index in [-0.39, 0.29) is 17.2 Å². The number of aromatic nitrogens is 2. The third-order valence-electron chi connectivity index (χ3n) is 6.17. The second-order valence-corrected chi connectivity index (χ2v) is 8.42. The molecule has 7 nitrogen and oxygen atoms in total. The summed E-state index contributed by atoms with van der Waals surface area (Å²) in [4.78, 5) is 26.7. The zero-order valence-corrected chi connectivity index (χ0v) is 18.9. The van der Waals surface area contributed by atoms with Crippen LogP contribution in [-0.2, 0) is 0 Å². The number of hydrogen-bond acceptors (Lipinski definition) is 5. The Morgan fingerprint density at radius 2 is 1.06 bits per heavy atom. The number of H-pyrrole nitrogens is 2. The Balaban J connectivity index is 1.50. The lowest BCUT2D eigenvalue weighted by Crippen LogP contribution is -1.99. The summed E-state index contributed by atoms with van der Waals surface area (Å²) in [6.07, 6.45) is 3.19. The Morgan fingerprint density at radius 3 is 1.53 bits per heavy atom. The van der Waals surface area contributed by atoms with E-state index in [1.165, 1.54) is 0 Å². The van der Waals surface area contributed by atoms with Crippen LogP contribution in [-0.4, -0.2) is 32.6 Å². The molecule has 0 fully saturated rings. The second-order valence-electron chi connectivity index (χ2n) is 8.42. The summed E-state index contributed by atoms with van der Waals surface area (Å²) in [5.41, 5.74) is 2.97. The van der Waals surface area contributed by atoms with Gasteiger partial charge in [-0.2, -0.15) is 0 Å². The van der Waals surface area contributed by atoms with Crippen molar-refractivity contribution in [1.82, 2.24) is 9.97 Å². The number of fused-ring (bicyclic) bond motifs is 3. The normalized spacial score (nSPS) is 12.0. The van der Waals surface area contributed by atoms with Crippen LogP contribution in [0.3, 0.4) is 0 Å². The van der Waals surface area contributed by atoms with Gasteiger partial charge < -0.3 is 20.2 Å². The fraction of sp³-hybridized carbons (Fsp3) is 0. The number of aromatic amines is 2. The van der Waals surface area contributed by atoms with Crippen LogP contribution < -0.4 is 5.69 Å². The maximum atomic E-state index is 11.9. The van der Waals surface area contributed by atoms with Crippen molar-refractivity contribution in [2.24, 2.45) is 9.98 Å². The third-order valence-corrected chi connectivity index (χ3v) is 6.17. The molecule has 0 atom stereocenters. The van der Waals surface area contributed by atoms with E-state index < -0.39 is 0 Å². The molecule has 0 aliphatic carbocycles. The van der Waals surface area contributed by atoms with Crippen molar-refractivity contribution in [3.05, 3.63) is 107 Å². The number of imidazole rings is 1. The summed E-state index contributed by atoms with van der Waals surface area (Å²) in [6, 6.07) is 25.9. The SMILES string of the molecule is O=c1[nH]c2cc(/N=C/c3c(O)ccc4ccccc34)c(/N=C/c3c(O)ccc4ccccc34)cc2[nH]1. The Kier molecular flexibility index (Phi) is 5.08. The van der Waals surface area contributed by atoms with Gasteiger partial charge in [-0.15, -0.1) is 0 Å². The minimum absolute atomic E-state index is 0.110. The van der Waals surface area contributed by atoms with Crippen molar-refractivity contribution >= 4 is 56.4 Å². The van der Waals surface area contributed by atoms with E-state index in [1.54, 1.807) is 36.7 Å². The van der Waals surface area contributed by atoms with Gasteiger partial charge >= 0.3 is 5.69 Å². The van der Waals surface area contributed by atoms with Gasteiger partial charge in [-0.05, 0) is 45.8 Å². The lowest BCUT2D eigenvalue weighted by Gasteiger charge is -2.07. The molecule has 0 saturated heterocycles. The molecule has 5 aromatic carbocycles. The molecule has 36 heavy (non-hydrogen) atoms. The highest BCUT2D eigenvalue weighted by Crippen LogP contribution is 2.34. The first-order valence-electron chi connectivity index (χ1n) is 11.3. The summed E-state index contributed by atoms with van der Waals surface area (Å²) in [5, 5.41) is 24.7. The molecule has 6 aromatic rings. The van der Waals surface area contributed by atoms with Crippen LogP contribution >= 0.6 is 0 Å². The summed E-state index contributed by atoms with van der Waals surface area (Å²) >= 11 is 0. The third kappa shape index (κ3) is 3.78. The summed E-state index contributed by atoms with van der Waals surface area (Å²) in [5.74, 6) is 0.221. The van der Waals surface area contributed by atoms with Gasteiger partial charge in [0.15, 0.2) is 0 Å². The predicted molar refractivity (Wildman–Crippen MR) is 145 cm³/mol. The zero-order chi connectivity index (χ0) is 24.6. The molecule has 0 aliphatic rings. The van der Waals surface area contributed by atoms with Crippen LogP contribution in [0, 0.1) is 0 Å². The first kappa shape index (κ1) is 21.4. The van der Waals surface area contributed by atoms with Crippen molar-refractivity contribution in [2.45, 2.75) is 0 Å². The number of phenolic OH excluding ortho intramolecular Hbond substituents is 2. The maximum absolute atomic E-state index is 11.9. The van der Waals surface area contributed by atoms with E-state index in [1.807, 2.05) is 60.7 Å². The van der Waals surface area contributed by atoms with E-state index in [0.29, 0.717) is 33.5 Å². The summed E-state index contributed by atoms with van der Waals surface area (Å²) < 4.78 is 0. The average Bonchev–Trinajstić information content (AvgIpc) is 3.26. The van der Waals surface area contributed by atoms with Gasteiger partial charge in [-0.3, -0.25) is 9.98 Å². The highest BCUT2D eigenvalue weighted by Gasteiger charge is 2.10. The highest BCUT2D eigenvalue weighted by atomic mass is 16.3. The molecular formula is C29H20N4O3. The summed E-state index contributed by atoms with van der Waals surface area (Å²) in [6.45, 7) is 0. The van der Waals surface area contributed by atoms with Crippen molar-refractivity contribution < 1.29 is 10.2 Å². The fourth-order valence-electron chi connectivity index (χ4n) is 4.37. The molecule has 0 amide bonds. The van der Waals surface area contributed by atoms with Crippen molar-refractivity contribution in [3.8, 4) is 11.5 Å². The molecule has 0 radical (unpaired) electrons. The highest BCUT2D eigenvalue weighted by molar-refractivity contribution is 6.05. The lowest BCUT2D eigenvalue weighted by molar-refractivity contribution is 0.475. The molecule has 0 unspecified atom stereocenters. The second kappa shape index (κ2) is 8.56. The first-order chi connectivity index (χ1) is 17.6. The number of rotatable bonds is 4. The van der Waals surface area contributed by atoms with E-state index in [0.717, 1.165) is 21.5 Å². The molecule has 4 N–H and O–H groups in total. The van der Waals surface area contributed by atoms with Crippen LogP contribution in [0.1, 0.15) is 11.1 Å². The molecule has 1 aromatic heterocycles. The van der Waals surface area contributed by atoms with Crippen molar-refractivity contribution in [1.29, 1.82) is 0 Å². The van der Waals surface area contributed by atoms with Gasteiger partial charge in [-0.25, -0.2) is 4.79 Å². The van der Waals surface area contributed by atoms with E-state index in [9.17, 15) is 15.0 Å². The molecule has 1 heterocycles. The first-order valence-corrected chi connectivity index (χ1v) is 11.3. The quantitative estimate of drug-likeness (QED) is 0.233. The predicted octanol–water partition coefficient (Wildman–Crippen LogP) is 6.08.